The Morgan fingerprint density at radius 3 is 2.44 bits per heavy atom. The molecule has 0 aromatic heterocycles. The molecule has 0 aromatic carbocycles. The molecule has 4 heteroatoms. The third-order valence-electron chi connectivity index (χ3n) is 5.02. The summed E-state index contributed by atoms with van der Waals surface area (Å²) in [6.07, 6.45) is 7.46. The molecule has 1 N–H and O–H groups in total. The van der Waals surface area contributed by atoms with E-state index in [4.69, 9.17) is 0 Å². The van der Waals surface area contributed by atoms with Gasteiger partial charge in [-0.15, -0.1) is 0 Å². The van der Waals surface area contributed by atoms with Crippen LogP contribution < -0.4 is 5.32 Å². The number of carbonyl (C=O) groups excluding carboxylic acids is 2. The summed E-state index contributed by atoms with van der Waals surface area (Å²) in [6, 6.07) is -0.288. The van der Waals surface area contributed by atoms with E-state index >= 15 is 0 Å². The van der Waals surface area contributed by atoms with Crippen LogP contribution >= 0.6 is 0 Å². The zero-order valence-electron chi connectivity index (χ0n) is 11.1. The largest absolute Gasteiger partial charge is 0.340 e. The number of nitrogens with zero attached hydrogens (tertiary/aromatic N) is 1. The molecule has 1 aliphatic heterocycles. The Hall–Kier alpha value is -1.06. The second-order valence-electron chi connectivity index (χ2n) is 6.21. The topological polar surface area (TPSA) is 49.4 Å². The highest BCUT2D eigenvalue weighted by Gasteiger charge is 2.51. The second-order valence-corrected chi connectivity index (χ2v) is 6.21. The summed E-state index contributed by atoms with van der Waals surface area (Å²) >= 11 is 0. The monoisotopic (exact) mass is 250 g/mol. The molecular weight excluding hydrogens is 228 g/mol. The minimum atomic E-state index is -0.548. The molecule has 2 amide bonds. The molecule has 4 nitrogen and oxygen atoms in total. The van der Waals surface area contributed by atoms with Crippen molar-refractivity contribution in [2.75, 3.05) is 6.54 Å². The number of nitrogens with one attached hydrogen (secondary N) is 1. The van der Waals surface area contributed by atoms with Crippen LogP contribution in [0.4, 0.5) is 0 Å². The zero-order chi connectivity index (χ0) is 12.8. The van der Waals surface area contributed by atoms with Crippen LogP contribution in [0, 0.1) is 5.92 Å². The van der Waals surface area contributed by atoms with Gasteiger partial charge in [0.15, 0.2) is 0 Å². The van der Waals surface area contributed by atoms with Crippen molar-refractivity contribution < 1.29 is 9.59 Å². The van der Waals surface area contributed by atoms with Gasteiger partial charge < -0.3 is 10.2 Å². The van der Waals surface area contributed by atoms with Crippen molar-refractivity contribution >= 4 is 11.8 Å². The molecular formula is C14H22N2O2. The van der Waals surface area contributed by atoms with Gasteiger partial charge in [0.2, 0.25) is 11.8 Å². The van der Waals surface area contributed by atoms with Gasteiger partial charge in [0.25, 0.3) is 0 Å². The minimum Gasteiger partial charge on any atom is -0.340 e. The summed E-state index contributed by atoms with van der Waals surface area (Å²) in [7, 11) is 0. The number of amides is 2. The zero-order valence-corrected chi connectivity index (χ0v) is 11.1. The fourth-order valence-electron chi connectivity index (χ4n) is 3.50. The van der Waals surface area contributed by atoms with Crippen LogP contribution in [-0.2, 0) is 9.59 Å². The maximum absolute atomic E-state index is 12.7. The van der Waals surface area contributed by atoms with Gasteiger partial charge in [-0.05, 0) is 38.5 Å². The third kappa shape index (κ3) is 1.73. The average molecular weight is 250 g/mol. The van der Waals surface area contributed by atoms with Crippen LogP contribution in [0.15, 0.2) is 0 Å². The number of piperazine rings is 1. The molecule has 100 valence electrons. The average Bonchev–Trinajstić information content (AvgIpc) is 2.74. The second kappa shape index (κ2) is 4.25. The van der Waals surface area contributed by atoms with Gasteiger partial charge in [0.05, 0.1) is 0 Å². The quantitative estimate of drug-likeness (QED) is 0.806. The van der Waals surface area contributed by atoms with Gasteiger partial charge in [-0.25, -0.2) is 0 Å². The summed E-state index contributed by atoms with van der Waals surface area (Å²) in [4.78, 5) is 26.6. The van der Waals surface area contributed by atoms with E-state index in [9.17, 15) is 9.59 Å². The van der Waals surface area contributed by atoms with Crippen molar-refractivity contribution in [2.45, 2.75) is 63.5 Å². The van der Waals surface area contributed by atoms with Gasteiger partial charge in [0, 0.05) is 6.54 Å². The lowest BCUT2D eigenvalue weighted by Crippen LogP contribution is -2.69. The highest BCUT2D eigenvalue weighted by atomic mass is 16.2. The molecule has 1 saturated heterocycles. The van der Waals surface area contributed by atoms with E-state index < -0.39 is 5.54 Å². The molecule has 0 aromatic rings. The Labute approximate surface area is 108 Å². The Kier molecular flexibility index (Phi) is 2.83. The summed E-state index contributed by atoms with van der Waals surface area (Å²) < 4.78 is 0. The lowest BCUT2D eigenvalue weighted by atomic mass is 9.83. The smallest absolute Gasteiger partial charge is 0.249 e. The molecule has 0 bridgehead atoms. The third-order valence-corrected chi connectivity index (χ3v) is 5.02. The lowest BCUT2D eigenvalue weighted by Gasteiger charge is -2.45. The Morgan fingerprint density at radius 2 is 1.89 bits per heavy atom. The summed E-state index contributed by atoms with van der Waals surface area (Å²) in [5.74, 6) is 0.843. The molecule has 3 aliphatic rings. The first kappa shape index (κ1) is 12.0. The first-order valence-corrected chi connectivity index (χ1v) is 7.25. The van der Waals surface area contributed by atoms with Crippen molar-refractivity contribution in [3.63, 3.8) is 0 Å². The van der Waals surface area contributed by atoms with E-state index in [1.807, 2.05) is 11.8 Å². The van der Waals surface area contributed by atoms with Crippen molar-refractivity contribution in [3.05, 3.63) is 0 Å². The Balaban J connectivity index is 1.80. The molecule has 2 saturated carbocycles. The number of hydrogen-bond donors (Lipinski definition) is 1. The predicted molar refractivity (Wildman–Crippen MR) is 67.9 cm³/mol. The van der Waals surface area contributed by atoms with Crippen LogP contribution in [0.1, 0.15) is 51.9 Å². The van der Waals surface area contributed by atoms with E-state index in [0.717, 1.165) is 32.2 Å². The van der Waals surface area contributed by atoms with Gasteiger partial charge in [-0.3, -0.25) is 9.59 Å². The summed E-state index contributed by atoms with van der Waals surface area (Å²) in [5, 5.41) is 3.00. The standard InChI is InChI=1S/C14H22N2O2/c1-10-12(17)15-14(7-2-3-8-14)13(18)16(10)9-11-5-4-6-11/h10-11H,2-9H2,1H3,(H,15,17). The van der Waals surface area contributed by atoms with Crippen molar-refractivity contribution in [2.24, 2.45) is 5.92 Å². The van der Waals surface area contributed by atoms with E-state index in [1.165, 1.54) is 19.3 Å². The van der Waals surface area contributed by atoms with Crippen LogP contribution in [0.25, 0.3) is 0 Å². The van der Waals surface area contributed by atoms with E-state index in [0.29, 0.717) is 5.92 Å². The molecule has 1 heterocycles. The first-order chi connectivity index (χ1) is 8.62. The van der Waals surface area contributed by atoms with Crippen molar-refractivity contribution in [3.8, 4) is 0 Å². The first-order valence-electron chi connectivity index (χ1n) is 7.25. The predicted octanol–water partition coefficient (Wildman–Crippen LogP) is 1.45. The highest BCUT2D eigenvalue weighted by Crippen LogP contribution is 2.36. The summed E-state index contributed by atoms with van der Waals surface area (Å²) in [5.41, 5.74) is -0.548. The highest BCUT2D eigenvalue weighted by molar-refractivity contribution is 5.99. The van der Waals surface area contributed by atoms with Crippen molar-refractivity contribution in [1.82, 2.24) is 10.2 Å². The van der Waals surface area contributed by atoms with Gasteiger partial charge in [-0.2, -0.15) is 0 Å². The molecule has 2 aliphatic carbocycles. The molecule has 3 rings (SSSR count). The van der Waals surface area contributed by atoms with Crippen LogP contribution in [-0.4, -0.2) is 34.8 Å². The Morgan fingerprint density at radius 1 is 1.22 bits per heavy atom. The van der Waals surface area contributed by atoms with Gasteiger partial charge >= 0.3 is 0 Å². The number of rotatable bonds is 2. The molecule has 0 radical (unpaired) electrons. The van der Waals surface area contributed by atoms with Gasteiger partial charge in [0.1, 0.15) is 11.6 Å². The maximum atomic E-state index is 12.7. The number of carbonyl (C=O) groups is 2. The van der Waals surface area contributed by atoms with E-state index in [-0.39, 0.29) is 17.9 Å². The molecule has 1 spiro atoms. The Bertz CT molecular complexity index is 370. The van der Waals surface area contributed by atoms with E-state index in [2.05, 4.69) is 5.32 Å². The van der Waals surface area contributed by atoms with Crippen LogP contribution in [0.5, 0.6) is 0 Å². The molecule has 18 heavy (non-hydrogen) atoms. The lowest BCUT2D eigenvalue weighted by molar-refractivity contribution is -0.155. The van der Waals surface area contributed by atoms with Gasteiger partial charge in [-0.1, -0.05) is 19.3 Å². The molecule has 3 fully saturated rings. The number of hydrogen-bond acceptors (Lipinski definition) is 2. The maximum Gasteiger partial charge on any atom is 0.249 e. The minimum absolute atomic E-state index is 0.0378. The normalized spacial score (nSPS) is 31.6. The van der Waals surface area contributed by atoms with Crippen LogP contribution in [0.2, 0.25) is 0 Å². The molecule has 1 unspecified atom stereocenters. The SMILES string of the molecule is CC1C(=O)NC2(CCCC2)C(=O)N1CC1CCC1. The fourth-order valence-corrected chi connectivity index (χ4v) is 3.50. The summed E-state index contributed by atoms with van der Waals surface area (Å²) in [6.45, 7) is 2.64. The van der Waals surface area contributed by atoms with E-state index in [1.54, 1.807) is 0 Å². The van der Waals surface area contributed by atoms with Crippen molar-refractivity contribution in [1.29, 1.82) is 0 Å². The molecule has 1 atom stereocenters. The fraction of sp³-hybridized carbons (Fsp3) is 0.857. The van der Waals surface area contributed by atoms with Crippen LogP contribution in [0.3, 0.4) is 0 Å².